The van der Waals surface area contributed by atoms with Crippen molar-refractivity contribution in [2.24, 2.45) is 17.3 Å². The minimum absolute atomic E-state index is 0.216. The van der Waals surface area contributed by atoms with E-state index in [2.05, 4.69) is 26.1 Å². The van der Waals surface area contributed by atoms with E-state index in [0.717, 1.165) is 6.54 Å². The molecular weight excluding hydrogens is 192 g/mol. The van der Waals surface area contributed by atoms with Crippen LogP contribution in [0.25, 0.3) is 0 Å². The van der Waals surface area contributed by atoms with Gasteiger partial charge in [-0.3, -0.25) is 0 Å². The maximum Gasteiger partial charge on any atom is 0.407 e. The topological polar surface area (TPSA) is 52.6 Å². The van der Waals surface area contributed by atoms with E-state index in [1.807, 2.05) is 0 Å². The highest BCUT2D eigenvalue weighted by atomic mass is 16.4. The molecule has 2 heterocycles. The fraction of sp³-hybridized carbons (Fsp3) is 0.909. The van der Waals surface area contributed by atoms with Gasteiger partial charge in [-0.2, -0.15) is 0 Å². The summed E-state index contributed by atoms with van der Waals surface area (Å²) in [6.07, 6.45) is -0.767. The first-order valence-electron chi connectivity index (χ1n) is 5.61. The summed E-state index contributed by atoms with van der Waals surface area (Å²) in [5, 5.41) is 12.5. The maximum absolute atomic E-state index is 10.9. The Hall–Kier alpha value is -0.770. The molecule has 0 bridgehead atoms. The first kappa shape index (κ1) is 10.7. The molecule has 0 spiro atoms. The van der Waals surface area contributed by atoms with E-state index in [0.29, 0.717) is 31.0 Å². The van der Waals surface area contributed by atoms with Crippen LogP contribution in [-0.2, 0) is 0 Å². The van der Waals surface area contributed by atoms with Crippen LogP contribution in [0.15, 0.2) is 0 Å². The molecule has 4 heteroatoms. The number of carboxylic acid groups (broad SMARTS) is 1. The fourth-order valence-electron chi connectivity index (χ4n) is 3.02. The van der Waals surface area contributed by atoms with Gasteiger partial charge in [0.05, 0.1) is 0 Å². The third kappa shape index (κ3) is 1.83. The van der Waals surface area contributed by atoms with Gasteiger partial charge in [0, 0.05) is 25.7 Å². The Balaban J connectivity index is 2.08. The second kappa shape index (κ2) is 3.37. The highest BCUT2D eigenvalue weighted by molar-refractivity contribution is 5.65. The number of amides is 1. The van der Waals surface area contributed by atoms with Gasteiger partial charge in [0.15, 0.2) is 0 Å². The minimum Gasteiger partial charge on any atom is -0.465 e. The molecule has 0 aromatic heterocycles. The molecule has 0 aliphatic carbocycles. The van der Waals surface area contributed by atoms with E-state index in [1.54, 1.807) is 4.90 Å². The molecule has 2 aliphatic rings. The summed E-state index contributed by atoms with van der Waals surface area (Å²) in [7, 11) is 0. The molecule has 2 aliphatic heterocycles. The highest BCUT2D eigenvalue weighted by Gasteiger charge is 2.47. The van der Waals surface area contributed by atoms with E-state index < -0.39 is 6.09 Å². The van der Waals surface area contributed by atoms with Crippen molar-refractivity contribution in [2.45, 2.75) is 26.8 Å². The number of fused-ring (bicyclic) bond motifs is 1. The van der Waals surface area contributed by atoms with Crippen molar-refractivity contribution < 1.29 is 9.90 Å². The van der Waals surface area contributed by atoms with Crippen LogP contribution in [0.3, 0.4) is 0 Å². The van der Waals surface area contributed by atoms with E-state index in [4.69, 9.17) is 5.11 Å². The molecule has 2 saturated heterocycles. The molecule has 1 amide bonds. The summed E-state index contributed by atoms with van der Waals surface area (Å²) >= 11 is 0. The highest BCUT2D eigenvalue weighted by Crippen LogP contribution is 2.38. The average molecular weight is 212 g/mol. The minimum atomic E-state index is -0.767. The molecule has 0 aromatic carbocycles. The van der Waals surface area contributed by atoms with Crippen LogP contribution >= 0.6 is 0 Å². The number of hydrogen-bond donors (Lipinski definition) is 2. The van der Waals surface area contributed by atoms with E-state index in [-0.39, 0.29) is 5.41 Å². The van der Waals surface area contributed by atoms with E-state index >= 15 is 0 Å². The zero-order valence-electron chi connectivity index (χ0n) is 9.66. The largest absolute Gasteiger partial charge is 0.465 e. The molecule has 0 aromatic rings. The Morgan fingerprint density at radius 1 is 1.40 bits per heavy atom. The van der Waals surface area contributed by atoms with E-state index in [9.17, 15) is 4.79 Å². The summed E-state index contributed by atoms with van der Waals surface area (Å²) in [4.78, 5) is 12.5. The number of carbonyl (C=O) groups is 1. The molecule has 3 atom stereocenters. The summed E-state index contributed by atoms with van der Waals surface area (Å²) < 4.78 is 0. The Kier molecular flexibility index (Phi) is 2.41. The van der Waals surface area contributed by atoms with Crippen LogP contribution in [0, 0.1) is 17.3 Å². The van der Waals surface area contributed by atoms with Crippen molar-refractivity contribution in [1.29, 1.82) is 0 Å². The second-order valence-corrected chi connectivity index (χ2v) is 5.86. The third-order valence-electron chi connectivity index (χ3n) is 3.72. The number of likely N-dealkylation sites (tertiary alicyclic amines) is 1. The van der Waals surface area contributed by atoms with Gasteiger partial charge in [0.25, 0.3) is 0 Å². The monoisotopic (exact) mass is 212 g/mol. The lowest BCUT2D eigenvalue weighted by atomic mass is 9.78. The summed E-state index contributed by atoms with van der Waals surface area (Å²) in [6, 6.07) is 0.451. The first-order valence-corrected chi connectivity index (χ1v) is 5.61. The number of rotatable bonds is 0. The molecule has 2 N–H and O–H groups in total. The van der Waals surface area contributed by atoms with Crippen LogP contribution in [-0.4, -0.2) is 41.8 Å². The maximum atomic E-state index is 10.9. The van der Waals surface area contributed by atoms with Gasteiger partial charge >= 0.3 is 6.09 Å². The quantitative estimate of drug-likeness (QED) is 0.635. The Morgan fingerprint density at radius 3 is 2.60 bits per heavy atom. The zero-order chi connectivity index (χ0) is 11.2. The number of hydrogen-bond acceptors (Lipinski definition) is 2. The van der Waals surface area contributed by atoms with Crippen molar-refractivity contribution in [3.8, 4) is 0 Å². The lowest BCUT2D eigenvalue weighted by Crippen LogP contribution is -2.42. The zero-order valence-corrected chi connectivity index (χ0v) is 9.66. The SMILES string of the molecule is CC(C)(C)C1NCC2CN(C(=O)O)CC21. The molecule has 3 unspecified atom stereocenters. The van der Waals surface area contributed by atoms with Crippen LogP contribution in [0.4, 0.5) is 4.79 Å². The standard InChI is InChI=1S/C11H20N2O2/c1-11(2,3)9-8-6-13(10(14)15)5-7(8)4-12-9/h7-9,12H,4-6H2,1-3H3,(H,14,15). The Bertz CT molecular complexity index is 272. The van der Waals surface area contributed by atoms with Crippen LogP contribution < -0.4 is 5.32 Å². The van der Waals surface area contributed by atoms with Gasteiger partial charge in [0.2, 0.25) is 0 Å². The summed E-state index contributed by atoms with van der Waals surface area (Å²) in [5.74, 6) is 1.02. The van der Waals surface area contributed by atoms with Crippen LogP contribution in [0.5, 0.6) is 0 Å². The van der Waals surface area contributed by atoms with Crippen molar-refractivity contribution in [3.63, 3.8) is 0 Å². The molecule has 0 radical (unpaired) electrons. The molecule has 4 nitrogen and oxygen atoms in total. The average Bonchev–Trinajstić information content (AvgIpc) is 2.56. The molecule has 0 saturated carbocycles. The number of nitrogens with zero attached hydrogens (tertiary/aromatic N) is 1. The van der Waals surface area contributed by atoms with Gasteiger partial charge in [-0.05, 0) is 17.3 Å². The predicted octanol–water partition coefficient (Wildman–Crippen LogP) is 1.23. The summed E-state index contributed by atoms with van der Waals surface area (Å²) in [6.45, 7) is 9.04. The summed E-state index contributed by atoms with van der Waals surface area (Å²) in [5.41, 5.74) is 0.216. The van der Waals surface area contributed by atoms with Crippen molar-refractivity contribution in [2.75, 3.05) is 19.6 Å². The fourth-order valence-corrected chi connectivity index (χ4v) is 3.02. The second-order valence-electron chi connectivity index (χ2n) is 5.86. The molecule has 2 rings (SSSR count). The smallest absolute Gasteiger partial charge is 0.407 e. The van der Waals surface area contributed by atoms with Crippen molar-refractivity contribution in [1.82, 2.24) is 10.2 Å². The molecule has 86 valence electrons. The normalized spacial score (nSPS) is 35.7. The first-order chi connectivity index (χ1) is 6.89. The van der Waals surface area contributed by atoms with Crippen LogP contribution in [0.2, 0.25) is 0 Å². The molecular formula is C11H20N2O2. The van der Waals surface area contributed by atoms with Crippen molar-refractivity contribution in [3.05, 3.63) is 0 Å². The molecule has 2 fully saturated rings. The lowest BCUT2D eigenvalue weighted by Gasteiger charge is -2.32. The van der Waals surface area contributed by atoms with Gasteiger partial charge in [-0.15, -0.1) is 0 Å². The predicted molar refractivity (Wildman–Crippen MR) is 57.8 cm³/mol. The van der Waals surface area contributed by atoms with Gasteiger partial charge in [-0.25, -0.2) is 4.79 Å². The molecule has 15 heavy (non-hydrogen) atoms. The van der Waals surface area contributed by atoms with Gasteiger partial charge in [0.1, 0.15) is 0 Å². The Labute approximate surface area is 90.6 Å². The van der Waals surface area contributed by atoms with E-state index in [1.165, 1.54) is 0 Å². The third-order valence-corrected chi connectivity index (χ3v) is 3.72. The lowest BCUT2D eigenvalue weighted by molar-refractivity contribution is 0.147. The number of nitrogens with one attached hydrogen (secondary N) is 1. The van der Waals surface area contributed by atoms with Crippen molar-refractivity contribution >= 4 is 6.09 Å². The van der Waals surface area contributed by atoms with Gasteiger partial charge < -0.3 is 15.3 Å². The van der Waals surface area contributed by atoms with Crippen LogP contribution in [0.1, 0.15) is 20.8 Å². The van der Waals surface area contributed by atoms with Gasteiger partial charge in [-0.1, -0.05) is 20.8 Å². The Morgan fingerprint density at radius 2 is 2.07 bits per heavy atom.